The zero-order valence-corrected chi connectivity index (χ0v) is 12.0. The van der Waals surface area contributed by atoms with Crippen LogP contribution in [0.5, 0.6) is 0 Å². The van der Waals surface area contributed by atoms with E-state index in [1.165, 1.54) is 25.7 Å². The van der Waals surface area contributed by atoms with Crippen molar-refractivity contribution in [2.75, 3.05) is 26.2 Å². The van der Waals surface area contributed by atoms with Crippen LogP contribution in [0.1, 0.15) is 57.8 Å². The van der Waals surface area contributed by atoms with E-state index in [1.54, 1.807) is 0 Å². The zero-order valence-electron chi connectivity index (χ0n) is 12.0. The van der Waals surface area contributed by atoms with Gasteiger partial charge in [-0.3, -0.25) is 4.79 Å². The average Bonchev–Trinajstić information content (AvgIpc) is 2.83. The topological polar surface area (TPSA) is 52.6 Å². The van der Waals surface area contributed by atoms with Gasteiger partial charge < -0.3 is 15.3 Å². The fraction of sp³-hybridized carbons (Fsp3) is 0.933. The minimum absolute atomic E-state index is 0.0876. The van der Waals surface area contributed by atoms with E-state index in [0.717, 1.165) is 45.3 Å². The van der Waals surface area contributed by atoms with Gasteiger partial charge in [-0.15, -0.1) is 0 Å². The summed E-state index contributed by atoms with van der Waals surface area (Å²) in [5.41, 5.74) is -0.653. The Labute approximate surface area is 116 Å². The molecule has 2 fully saturated rings. The Hall–Kier alpha value is -0.610. The molecule has 0 unspecified atom stereocenters. The van der Waals surface area contributed by atoms with Crippen LogP contribution in [-0.4, -0.2) is 47.7 Å². The lowest BCUT2D eigenvalue weighted by molar-refractivity contribution is -0.122. The van der Waals surface area contributed by atoms with Crippen LogP contribution in [0.25, 0.3) is 0 Å². The number of carbonyl (C=O) groups is 1. The molecule has 0 aromatic heterocycles. The summed E-state index contributed by atoms with van der Waals surface area (Å²) in [6, 6.07) is 0. The molecule has 1 aliphatic heterocycles. The molecule has 110 valence electrons. The lowest BCUT2D eigenvalue weighted by atomic mass is 9.94. The summed E-state index contributed by atoms with van der Waals surface area (Å²) < 4.78 is 0. The van der Waals surface area contributed by atoms with Gasteiger partial charge in [0.05, 0.1) is 5.60 Å². The maximum atomic E-state index is 11.8. The number of nitrogens with one attached hydrogen (secondary N) is 1. The number of amides is 1. The summed E-state index contributed by atoms with van der Waals surface area (Å²) in [5.74, 6) is 0.0876. The second-order valence-corrected chi connectivity index (χ2v) is 6.21. The minimum atomic E-state index is -0.653. The van der Waals surface area contributed by atoms with Gasteiger partial charge in [0.1, 0.15) is 0 Å². The molecule has 0 aromatic rings. The highest BCUT2D eigenvalue weighted by molar-refractivity contribution is 5.76. The Morgan fingerprint density at radius 2 is 1.68 bits per heavy atom. The predicted molar refractivity (Wildman–Crippen MR) is 76.0 cm³/mol. The summed E-state index contributed by atoms with van der Waals surface area (Å²) >= 11 is 0. The lowest BCUT2D eigenvalue weighted by Crippen LogP contribution is -2.43. The highest BCUT2D eigenvalue weighted by Gasteiger charge is 2.28. The van der Waals surface area contributed by atoms with Crippen LogP contribution < -0.4 is 5.32 Å². The van der Waals surface area contributed by atoms with Gasteiger partial charge in [0.15, 0.2) is 0 Å². The third-order valence-corrected chi connectivity index (χ3v) is 4.50. The van der Waals surface area contributed by atoms with Crippen LogP contribution in [0.2, 0.25) is 0 Å². The highest BCUT2D eigenvalue weighted by Crippen LogP contribution is 2.26. The van der Waals surface area contributed by atoms with E-state index in [0.29, 0.717) is 13.0 Å². The largest absolute Gasteiger partial charge is 0.388 e. The number of rotatable bonds is 5. The van der Waals surface area contributed by atoms with Crippen molar-refractivity contribution in [1.82, 2.24) is 10.2 Å². The molecule has 1 aliphatic carbocycles. The maximum Gasteiger partial charge on any atom is 0.221 e. The fourth-order valence-electron chi connectivity index (χ4n) is 3.18. The molecule has 1 saturated heterocycles. The molecule has 19 heavy (non-hydrogen) atoms. The Balaban J connectivity index is 1.64. The number of hydrogen-bond acceptors (Lipinski definition) is 3. The van der Waals surface area contributed by atoms with Crippen LogP contribution in [0.15, 0.2) is 0 Å². The molecule has 2 aliphatic rings. The molecule has 2 N–H and O–H groups in total. The third kappa shape index (κ3) is 5.11. The molecule has 0 radical (unpaired) electrons. The van der Waals surface area contributed by atoms with Crippen LogP contribution in [0.3, 0.4) is 0 Å². The van der Waals surface area contributed by atoms with Gasteiger partial charge in [-0.2, -0.15) is 0 Å². The zero-order chi connectivity index (χ0) is 13.6. The molecular weight excluding hydrogens is 240 g/mol. The Morgan fingerprint density at radius 3 is 2.32 bits per heavy atom. The molecule has 4 nitrogen and oxygen atoms in total. The molecule has 0 bridgehead atoms. The average molecular weight is 268 g/mol. The van der Waals surface area contributed by atoms with Crippen LogP contribution >= 0.6 is 0 Å². The fourth-order valence-corrected chi connectivity index (χ4v) is 3.18. The SMILES string of the molecule is O=C(CCN1CCCC1)NCC1(O)CCCCCC1. The number of hydrogen-bond donors (Lipinski definition) is 2. The molecule has 1 amide bonds. The van der Waals surface area contributed by atoms with E-state index in [2.05, 4.69) is 10.2 Å². The third-order valence-electron chi connectivity index (χ3n) is 4.50. The van der Waals surface area contributed by atoms with Crippen molar-refractivity contribution < 1.29 is 9.90 Å². The molecule has 4 heteroatoms. The summed E-state index contributed by atoms with van der Waals surface area (Å²) in [5, 5.41) is 13.4. The quantitative estimate of drug-likeness (QED) is 0.746. The van der Waals surface area contributed by atoms with Gasteiger partial charge in [-0.05, 0) is 38.8 Å². The van der Waals surface area contributed by atoms with Crippen LogP contribution in [-0.2, 0) is 4.79 Å². The number of nitrogens with zero attached hydrogens (tertiary/aromatic N) is 1. The predicted octanol–water partition coefficient (Wildman–Crippen LogP) is 1.67. The van der Waals surface area contributed by atoms with E-state index in [1.807, 2.05) is 0 Å². The Bertz CT molecular complexity index is 280. The summed E-state index contributed by atoms with van der Waals surface area (Å²) in [7, 11) is 0. The monoisotopic (exact) mass is 268 g/mol. The van der Waals surface area contributed by atoms with Gasteiger partial charge >= 0.3 is 0 Å². The Morgan fingerprint density at radius 1 is 1.05 bits per heavy atom. The van der Waals surface area contributed by atoms with E-state index in [9.17, 15) is 9.90 Å². The second-order valence-electron chi connectivity index (χ2n) is 6.21. The van der Waals surface area contributed by atoms with Crippen molar-refractivity contribution in [2.45, 2.75) is 63.4 Å². The van der Waals surface area contributed by atoms with Crippen molar-refractivity contribution in [3.63, 3.8) is 0 Å². The second kappa shape index (κ2) is 7.25. The van der Waals surface area contributed by atoms with Gasteiger partial charge in [0, 0.05) is 19.5 Å². The van der Waals surface area contributed by atoms with E-state index >= 15 is 0 Å². The van der Waals surface area contributed by atoms with Gasteiger partial charge in [0.2, 0.25) is 5.91 Å². The van der Waals surface area contributed by atoms with E-state index in [-0.39, 0.29) is 5.91 Å². The first-order valence-corrected chi connectivity index (χ1v) is 7.89. The van der Waals surface area contributed by atoms with Crippen molar-refractivity contribution in [2.24, 2.45) is 0 Å². The highest BCUT2D eigenvalue weighted by atomic mass is 16.3. The number of likely N-dealkylation sites (tertiary alicyclic amines) is 1. The van der Waals surface area contributed by atoms with Gasteiger partial charge in [-0.1, -0.05) is 25.7 Å². The number of carbonyl (C=O) groups excluding carboxylic acids is 1. The summed E-state index contributed by atoms with van der Waals surface area (Å²) in [6.07, 6.45) is 9.36. The molecule has 0 atom stereocenters. The molecule has 0 aromatic carbocycles. The first-order chi connectivity index (χ1) is 9.18. The first kappa shape index (κ1) is 14.8. The van der Waals surface area contributed by atoms with Crippen molar-refractivity contribution >= 4 is 5.91 Å². The smallest absolute Gasteiger partial charge is 0.221 e. The maximum absolute atomic E-state index is 11.8. The van der Waals surface area contributed by atoms with Crippen molar-refractivity contribution in [1.29, 1.82) is 0 Å². The normalized spacial score (nSPS) is 24.1. The lowest BCUT2D eigenvalue weighted by Gasteiger charge is -2.27. The first-order valence-electron chi connectivity index (χ1n) is 7.89. The van der Waals surface area contributed by atoms with Crippen LogP contribution in [0.4, 0.5) is 0 Å². The van der Waals surface area contributed by atoms with Gasteiger partial charge in [0.25, 0.3) is 0 Å². The summed E-state index contributed by atoms with van der Waals surface area (Å²) in [6.45, 7) is 3.57. The van der Waals surface area contributed by atoms with Crippen molar-refractivity contribution in [3.8, 4) is 0 Å². The molecule has 0 spiro atoms. The minimum Gasteiger partial charge on any atom is -0.388 e. The van der Waals surface area contributed by atoms with E-state index in [4.69, 9.17) is 0 Å². The molecule has 2 rings (SSSR count). The molecule has 1 saturated carbocycles. The Kier molecular flexibility index (Phi) is 5.64. The molecule has 1 heterocycles. The number of aliphatic hydroxyl groups is 1. The standard InChI is InChI=1S/C15H28N2O2/c18-14(7-12-17-10-5-6-11-17)16-13-15(19)8-3-1-2-4-9-15/h19H,1-13H2,(H,16,18). The molecular formula is C15H28N2O2. The van der Waals surface area contributed by atoms with Crippen LogP contribution in [0, 0.1) is 0 Å². The summed E-state index contributed by atoms with van der Waals surface area (Å²) in [4.78, 5) is 14.2. The van der Waals surface area contributed by atoms with Gasteiger partial charge in [-0.25, -0.2) is 0 Å². The van der Waals surface area contributed by atoms with E-state index < -0.39 is 5.60 Å². The van der Waals surface area contributed by atoms with Crippen molar-refractivity contribution in [3.05, 3.63) is 0 Å².